The highest BCUT2D eigenvalue weighted by Gasteiger charge is 2.04. The van der Waals surface area contributed by atoms with Crippen LogP contribution in [0.3, 0.4) is 0 Å². The van der Waals surface area contributed by atoms with E-state index in [1.165, 1.54) is 0 Å². The molecule has 2 amide bonds. The predicted octanol–water partition coefficient (Wildman–Crippen LogP) is 2.13. The molecule has 0 bridgehead atoms. The Morgan fingerprint density at radius 1 is 1.29 bits per heavy atom. The summed E-state index contributed by atoms with van der Waals surface area (Å²) in [6.07, 6.45) is 0. The van der Waals surface area contributed by atoms with Crippen molar-refractivity contribution in [1.29, 1.82) is 0 Å². The van der Waals surface area contributed by atoms with Crippen LogP contribution < -0.4 is 16.2 Å². The maximum atomic E-state index is 11.4. The number of nitrogens with one attached hydrogen (secondary N) is 3. The van der Waals surface area contributed by atoms with Crippen molar-refractivity contribution in [2.45, 2.75) is 6.92 Å². The molecule has 6 nitrogen and oxygen atoms in total. The van der Waals surface area contributed by atoms with Crippen LogP contribution >= 0.6 is 0 Å². The van der Waals surface area contributed by atoms with E-state index in [9.17, 15) is 4.79 Å². The number of aromatic nitrogens is 1. The first-order valence-electron chi connectivity index (χ1n) is 5.05. The van der Waals surface area contributed by atoms with E-state index in [4.69, 9.17) is 4.52 Å². The van der Waals surface area contributed by atoms with Crippen LogP contribution in [0.2, 0.25) is 0 Å². The maximum absolute atomic E-state index is 11.4. The number of para-hydroxylation sites is 1. The summed E-state index contributed by atoms with van der Waals surface area (Å²) in [6.45, 7) is 1.75. The minimum Gasteiger partial charge on any atom is -0.360 e. The summed E-state index contributed by atoms with van der Waals surface area (Å²) in [4.78, 5) is 11.4. The molecular formula is C11H12N4O2. The van der Waals surface area contributed by atoms with E-state index < -0.39 is 6.03 Å². The van der Waals surface area contributed by atoms with Crippen LogP contribution in [-0.2, 0) is 0 Å². The topological polar surface area (TPSA) is 79.2 Å². The number of hydrogen-bond acceptors (Lipinski definition) is 4. The minimum atomic E-state index is -0.415. The van der Waals surface area contributed by atoms with E-state index in [1.54, 1.807) is 13.0 Å². The number of carbonyl (C=O) groups is 1. The molecule has 1 heterocycles. The van der Waals surface area contributed by atoms with Crippen LogP contribution in [0.15, 0.2) is 40.9 Å². The first-order valence-corrected chi connectivity index (χ1v) is 5.05. The van der Waals surface area contributed by atoms with Crippen molar-refractivity contribution in [2.75, 3.05) is 10.7 Å². The summed E-state index contributed by atoms with van der Waals surface area (Å²) in [7, 11) is 0. The van der Waals surface area contributed by atoms with E-state index in [0.29, 0.717) is 11.6 Å². The lowest BCUT2D eigenvalue weighted by Gasteiger charge is -2.07. The van der Waals surface area contributed by atoms with Gasteiger partial charge in [0.15, 0.2) is 5.82 Å². The Hall–Kier alpha value is -2.50. The summed E-state index contributed by atoms with van der Waals surface area (Å²) in [5.74, 6) is 1.01. The van der Waals surface area contributed by atoms with E-state index in [0.717, 1.165) is 5.69 Å². The van der Waals surface area contributed by atoms with Crippen LogP contribution in [0.5, 0.6) is 0 Å². The molecule has 0 aliphatic carbocycles. The van der Waals surface area contributed by atoms with Crippen molar-refractivity contribution in [3.05, 3.63) is 42.2 Å². The first kappa shape index (κ1) is 11.0. The Balaban J connectivity index is 1.82. The molecule has 0 spiro atoms. The average molecular weight is 232 g/mol. The quantitative estimate of drug-likeness (QED) is 0.708. The number of aryl methyl sites for hydroxylation is 1. The number of carbonyl (C=O) groups excluding carboxylic acids is 1. The summed E-state index contributed by atoms with van der Waals surface area (Å²) in [6, 6.07) is 10.5. The molecule has 0 radical (unpaired) electrons. The van der Waals surface area contributed by atoms with Gasteiger partial charge in [0.1, 0.15) is 5.76 Å². The smallest absolute Gasteiger partial charge is 0.339 e. The van der Waals surface area contributed by atoms with Gasteiger partial charge in [-0.05, 0) is 19.1 Å². The Morgan fingerprint density at radius 2 is 2.06 bits per heavy atom. The molecule has 0 atom stereocenters. The highest BCUT2D eigenvalue weighted by molar-refractivity contribution is 5.88. The van der Waals surface area contributed by atoms with Crippen molar-refractivity contribution in [2.24, 2.45) is 0 Å². The number of rotatable bonds is 3. The molecule has 0 saturated carbocycles. The zero-order valence-electron chi connectivity index (χ0n) is 9.23. The molecule has 1 aromatic heterocycles. The lowest BCUT2D eigenvalue weighted by atomic mass is 10.3. The van der Waals surface area contributed by atoms with E-state index >= 15 is 0 Å². The van der Waals surface area contributed by atoms with E-state index in [-0.39, 0.29) is 0 Å². The van der Waals surface area contributed by atoms with Gasteiger partial charge in [0, 0.05) is 6.07 Å². The molecule has 17 heavy (non-hydrogen) atoms. The zero-order chi connectivity index (χ0) is 12.1. The minimum absolute atomic E-state index is 0.370. The molecular weight excluding hydrogens is 220 g/mol. The zero-order valence-corrected chi connectivity index (χ0v) is 9.23. The van der Waals surface area contributed by atoms with Crippen LogP contribution in [0, 0.1) is 6.92 Å². The summed E-state index contributed by atoms with van der Waals surface area (Å²) in [5, 5.41) is 6.15. The van der Waals surface area contributed by atoms with Gasteiger partial charge in [-0.1, -0.05) is 23.4 Å². The third kappa shape index (κ3) is 3.23. The Kier molecular flexibility index (Phi) is 3.25. The van der Waals surface area contributed by atoms with Gasteiger partial charge in [-0.3, -0.25) is 16.2 Å². The number of nitrogens with zero attached hydrogens (tertiary/aromatic N) is 1. The van der Waals surface area contributed by atoms with Crippen molar-refractivity contribution in [3.63, 3.8) is 0 Å². The van der Waals surface area contributed by atoms with Gasteiger partial charge in [0.25, 0.3) is 0 Å². The number of hydrogen-bond donors (Lipinski definition) is 3. The molecule has 3 N–H and O–H groups in total. The second-order valence-corrected chi connectivity index (χ2v) is 3.39. The van der Waals surface area contributed by atoms with Gasteiger partial charge < -0.3 is 4.52 Å². The fourth-order valence-electron chi connectivity index (χ4n) is 1.22. The third-order valence-electron chi connectivity index (χ3n) is 1.96. The van der Waals surface area contributed by atoms with Crippen molar-refractivity contribution >= 4 is 17.5 Å². The third-order valence-corrected chi connectivity index (χ3v) is 1.96. The number of urea groups is 1. The molecule has 0 saturated heterocycles. The highest BCUT2D eigenvalue weighted by Crippen LogP contribution is 2.06. The lowest BCUT2D eigenvalue weighted by molar-refractivity contribution is 0.253. The van der Waals surface area contributed by atoms with Crippen molar-refractivity contribution in [3.8, 4) is 0 Å². The standard InChI is InChI=1S/C11H12N4O2/c1-8-7-10(15-17-8)12-11(16)14-13-9-5-3-2-4-6-9/h2-7,13H,1H3,(H2,12,14,15,16). The molecule has 2 aromatic rings. The largest absolute Gasteiger partial charge is 0.360 e. The number of benzene rings is 1. The van der Waals surface area contributed by atoms with Crippen LogP contribution in [0.4, 0.5) is 16.3 Å². The predicted molar refractivity (Wildman–Crippen MR) is 63.5 cm³/mol. The molecule has 0 unspecified atom stereocenters. The molecule has 6 heteroatoms. The number of hydrazine groups is 1. The van der Waals surface area contributed by atoms with Crippen LogP contribution in [0.25, 0.3) is 0 Å². The van der Waals surface area contributed by atoms with Crippen molar-refractivity contribution < 1.29 is 9.32 Å². The summed E-state index contributed by atoms with van der Waals surface area (Å²) < 4.78 is 4.82. The monoisotopic (exact) mass is 232 g/mol. The van der Waals surface area contributed by atoms with Gasteiger partial charge in [0.05, 0.1) is 5.69 Å². The normalized spacial score (nSPS) is 9.71. The van der Waals surface area contributed by atoms with Crippen LogP contribution in [-0.4, -0.2) is 11.2 Å². The van der Waals surface area contributed by atoms with Gasteiger partial charge in [0.2, 0.25) is 0 Å². The van der Waals surface area contributed by atoms with Crippen molar-refractivity contribution in [1.82, 2.24) is 10.6 Å². The highest BCUT2D eigenvalue weighted by atomic mass is 16.5. The molecule has 88 valence electrons. The average Bonchev–Trinajstić information content (AvgIpc) is 2.73. The second kappa shape index (κ2) is 5.02. The van der Waals surface area contributed by atoms with E-state index in [1.807, 2.05) is 30.3 Å². The molecule has 1 aromatic carbocycles. The molecule has 2 rings (SSSR count). The first-order chi connectivity index (χ1) is 8.24. The Labute approximate surface area is 98.0 Å². The maximum Gasteiger partial charge on any atom is 0.339 e. The van der Waals surface area contributed by atoms with Gasteiger partial charge in [-0.2, -0.15) is 0 Å². The summed E-state index contributed by atoms with van der Waals surface area (Å²) >= 11 is 0. The lowest BCUT2D eigenvalue weighted by Crippen LogP contribution is -2.33. The summed E-state index contributed by atoms with van der Waals surface area (Å²) in [5.41, 5.74) is 6.02. The van der Waals surface area contributed by atoms with E-state index in [2.05, 4.69) is 21.3 Å². The second-order valence-electron chi connectivity index (χ2n) is 3.39. The Morgan fingerprint density at radius 3 is 2.71 bits per heavy atom. The molecule has 0 aliphatic rings. The van der Waals surface area contributed by atoms with Gasteiger partial charge in [-0.15, -0.1) is 0 Å². The Bertz CT molecular complexity index is 495. The SMILES string of the molecule is Cc1cc(NC(=O)NNc2ccccc2)no1. The number of amides is 2. The number of anilines is 2. The van der Waals surface area contributed by atoms with Crippen LogP contribution in [0.1, 0.15) is 5.76 Å². The van der Waals surface area contributed by atoms with Gasteiger partial charge >= 0.3 is 6.03 Å². The fraction of sp³-hybridized carbons (Fsp3) is 0.0909. The molecule has 0 aliphatic heterocycles. The molecule has 0 fully saturated rings. The van der Waals surface area contributed by atoms with Gasteiger partial charge in [-0.25, -0.2) is 4.79 Å². The fourth-order valence-corrected chi connectivity index (χ4v) is 1.22.